The fraction of sp³-hybridized carbons (Fsp3) is 0.286. The SMILES string of the molecule is COC(=O)C1CCN(Cc2ccn3ncnc(Nc4ccc5c(cnn5Cc5cccc(F)c5)c4)c23)CC1. The first-order valence-corrected chi connectivity index (χ1v) is 12.7. The molecule has 0 atom stereocenters. The van der Waals surface area contributed by atoms with Crippen LogP contribution in [0, 0.1) is 11.7 Å². The molecule has 2 aromatic carbocycles. The van der Waals surface area contributed by atoms with Gasteiger partial charge in [-0.2, -0.15) is 10.2 Å². The summed E-state index contributed by atoms with van der Waals surface area (Å²) in [5.41, 5.74) is 4.75. The molecular formula is C28H28FN7O2. The number of nitrogens with zero attached hydrogens (tertiary/aromatic N) is 6. The molecule has 0 amide bonds. The summed E-state index contributed by atoms with van der Waals surface area (Å²) in [5.74, 6) is 0.332. The first-order chi connectivity index (χ1) is 18.6. The molecule has 0 radical (unpaired) electrons. The van der Waals surface area contributed by atoms with E-state index in [0.29, 0.717) is 6.54 Å². The number of carbonyl (C=O) groups excluding carboxylic acids is 1. The lowest BCUT2D eigenvalue weighted by atomic mass is 9.97. The first kappa shape index (κ1) is 24.1. The summed E-state index contributed by atoms with van der Waals surface area (Å²) in [7, 11) is 1.45. The molecule has 1 aliphatic rings. The Morgan fingerprint density at radius 2 is 1.97 bits per heavy atom. The van der Waals surface area contributed by atoms with Crippen molar-refractivity contribution in [2.75, 3.05) is 25.5 Å². The van der Waals surface area contributed by atoms with E-state index in [2.05, 4.69) is 31.5 Å². The summed E-state index contributed by atoms with van der Waals surface area (Å²) in [5, 5.41) is 13.3. The van der Waals surface area contributed by atoms with Gasteiger partial charge in [0.15, 0.2) is 5.82 Å². The molecule has 1 saturated heterocycles. The molecule has 9 nitrogen and oxygen atoms in total. The Morgan fingerprint density at radius 1 is 1.11 bits per heavy atom. The third-order valence-electron chi connectivity index (χ3n) is 7.18. The highest BCUT2D eigenvalue weighted by molar-refractivity contribution is 5.85. The number of likely N-dealkylation sites (tertiary alicyclic amines) is 1. The van der Waals surface area contributed by atoms with Crippen LogP contribution in [-0.4, -0.2) is 55.4 Å². The lowest BCUT2D eigenvalue weighted by Crippen LogP contribution is -2.36. The number of fused-ring (bicyclic) bond motifs is 2. The van der Waals surface area contributed by atoms with E-state index in [1.807, 2.05) is 45.9 Å². The number of piperidine rings is 1. The number of rotatable bonds is 7. The number of ether oxygens (including phenoxy) is 1. The topological polar surface area (TPSA) is 89.6 Å². The van der Waals surface area contributed by atoms with Crippen LogP contribution in [0.2, 0.25) is 0 Å². The van der Waals surface area contributed by atoms with Gasteiger partial charge in [0, 0.05) is 23.8 Å². The molecule has 1 fully saturated rings. The first-order valence-electron chi connectivity index (χ1n) is 12.7. The van der Waals surface area contributed by atoms with Gasteiger partial charge in [-0.1, -0.05) is 12.1 Å². The van der Waals surface area contributed by atoms with Crippen LogP contribution in [0.25, 0.3) is 16.4 Å². The van der Waals surface area contributed by atoms with Crippen LogP contribution < -0.4 is 5.32 Å². The zero-order valence-corrected chi connectivity index (χ0v) is 21.0. The molecule has 0 aliphatic carbocycles. The van der Waals surface area contributed by atoms with Gasteiger partial charge >= 0.3 is 5.97 Å². The van der Waals surface area contributed by atoms with Gasteiger partial charge in [-0.05, 0) is 73.5 Å². The van der Waals surface area contributed by atoms with Crippen LogP contribution in [0.3, 0.4) is 0 Å². The number of aromatic nitrogens is 5. The molecule has 194 valence electrons. The van der Waals surface area contributed by atoms with Gasteiger partial charge in [-0.15, -0.1) is 0 Å². The minimum Gasteiger partial charge on any atom is -0.469 e. The number of hydrogen-bond acceptors (Lipinski definition) is 7. The maximum atomic E-state index is 13.6. The molecule has 0 bridgehead atoms. The molecule has 6 rings (SSSR count). The Bertz CT molecular complexity index is 1600. The number of carbonyl (C=O) groups is 1. The van der Waals surface area contributed by atoms with Crippen molar-refractivity contribution in [1.82, 2.24) is 29.3 Å². The van der Waals surface area contributed by atoms with E-state index in [0.717, 1.165) is 71.5 Å². The van der Waals surface area contributed by atoms with Crippen molar-refractivity contribution in [3.63, 3.8) is 0 Å². The minimum absolute atomic E-state index is 0.0178. The number of hydrogen-bond donors (Lipinski definition) is 1. The summed E-state index contributed by atoms with van der Waals surface area (Å²) in [6.45, 7) is 2.91. The maximum Gasteiger partial charge on any atom is 0.308 e. The second-order valence-corrected chi connectivity index (χ2v) is 9.65. The van der Waals surface area contributed by atoms with Crippen molar-refractivity contribution in [2.45, 2.75) is 25.9 Å². The summed E-state index contributed by atoms with van der Waals surface area (Å²) in [6.07, 6.45) is 6.89. The highest BCUT2D eigenvalue weighted by Crippen LogP contribution is 2.28. The fourth-order valence-corrected chi connectivity index (χ4v) is 5.21. The van der Waals surface area contributed by atoms with Gasteiger partial charge in [-0.3, -0.25) is 14.4 Å². The number of nitrogens with one attached hydrogen (secondary N) is 1. The second kappa shape index (κ2) is 10.2. The highest BCUT2D eigenvalue weighted by atomic mass is 19.1. The molecule has 5 aromatic rings. The third kappa shape index (κ3) is 4.82. The molecule has 4 heterocycles. The molecular weight excluding hydrogens is 485 g/mol. The van der Waals surface area contributed by atoms with Crippen LogP contribution >= 0.6 is 0 Å². The molecule has 3 aromatic heterocycles. The van der Waals surface area contributed by atoms with Crippen molar-refractivity contribution in [1.29, 1.82) is 0 Å². The van der Waals surface area contributed by atoms with Gasteiger partial charge in [0.1, 0.15) is 17.7 Å². The van der Waals surface area contributed by atoms with Crippen molar-refractivity contribution in [3.05, 3.63) is 84.2 Å². The molecule has 38 heavy (non-hydrogen) atoms. The van der Waals surface area contributed by atoms with E-state index in [1.54, 1.807) is 6.07 Å². The van der Waals surface area contributed by atoms with Crippen molar-refractivity contribution >= 4 is 33.9 Å². The van der Waals surface area contributed by atoms with Crippen LogP contribution in [-0.2, 0) is 22.6 Å². The average Bonchev–Trinajstić information content (AvgIpc) is 3.53. The average molecular weight is 514 g/mol. The highest BCUT2D eigenvalue weighted by Gasteiger charge is 2.26. The minimum atomic E-state index is -0.253. The Morgan fingerprint density at radius 3 is 2.79 bits per heavy atom. The zero-order valence-electron chi connectivity index (χ0n) is 21.0. The van der Waals surface area contributed by atoms with Crippen LogP contribution in [0.4, 0.5) is 15.9 Å². The predicted octanol–water partition coefficient (Wildman–Crippen LogP) is 4.40. The van der Waals surface area contributed by atoms with Crippen molar-refractivity contribution in [2.24, 2.45) is 5.92 Å². The quantitative estimate of drug-likeness (QED) is 0.323. The Balaban J connectivity index is 1.21. The number of anilines is 2. The van der Waals surface area contributed by atoms with Gasteiger partial charge in [-0.25, -0.2) is 13.9 Å². The Labute approximate surface area is 218 Å². The standard InChI is InChI=1S/C28H28FN7O2/c1-38-28(37)20-7-10-34(11-8-20)17-21-9-12-35-26(21)27(30-18-32-35)33-24-5-6-25-22(14-24)15-31-36(25)16-19-3-2-4-23(29)13-19/h2-6,9,12-15,18,20H,7-8,10-11,16-17H2,1H3,(H,30,32,33). The smallest absolute Gasteiger partial charge is 0.308 e. The summed E-state index contributed by atoms with van der Waals surface area (Å²) < 4.78 is 22.2. The van der Waals surface area contributed by atoms with E-state index in [-0.39, 0.29) is 17.7 Å². The van der Waals surface area contributed by atoms with E-state index in [9.17, 15) is 9.18 Å². The summed E-state index contributed by atoms with van der Waals surface area (Å²) >= 11 is 0. The van der Waals surface area contributed by atoms with Gasteiger partial charge in [0.05, 0.1) is 31.3 Å². The third-order valence-corrected chi connectivity index (χ3v) is 7.18. The monoisotopic (exact) mass is 513 g/mol. The van der Waals surface area contributed by atoms with Gasteiger partial charge < -0.3 is 10.1 Å². The van der Waals surface area contributed by atoms with E-state index in [1.165, 1.54) is 25.6 Å². The molecule has 0 unspecified atom stereocenters. The fourth-order valence-electron chi connectivity index (χ4n) is 5.21. The summed E-state index contributed by atoms with van der Waals surface area (Å²) in [4.78, 5) is 18.8. The van der Waals surface area contributed by atoms with E-state index < -0.39 is 0 Å². The lowest BCUT2D eigenvalue weighted by molar-refractivity contribution is -0.147. The Kier molecular flexibility index (Phi) is 6.47. The van der Waals surface area contributed by atoms with Gasteiger partial charge in [0.25, 0.3) is 0 Å². The van der Waals surface area contributed by atoms with E-state index >= 15 is 0 Å². The molecule has 1 N–H and O–H groups in total. The largest absolute Gasteiger partial charge is 0.469 e. The van der Waals surface area contributed by atoms with Gasteiger partial charge in [0.2, 0.25) is 0 Å². The van der Waals surface area contributed by atoms with Crippen molar-refractivity contribution in [3.8, 4) is 0 Å². The Hall–Kier alpha value is -4.31. The normalized spacial score (nSPS) is 14.8. The number of halogens is 1. The lowest BCUT2D eigenvalue weighted by Gasteiger charge is -2.30. The van der Waals surface area contributed by atoms with E-state index in [4.69, 9.17) is 4.74 Å². The molecule has 10 heteroatoms. The maximum absolute atomic E-state index is 13.6. The molecule has 0 spiro atoms. The van der Waals surface area contributed by atoms with Crippen LogP contribution in [0.15, 0.2) is 67.3 Å². The van der Waals surface area contributed by atoms with Crippen LogP contribution in [0.5, 0.6) is 0 Å². The zero-order chi connectivity index (χ0) is 26.1. The summed E-state index contributed by atoms with van der Waals surface area (Å²) in [6, 6.07) is 14.7. The number of esters is 1. The van der Waals surface area contributed by atoms with Crippen molar-refractivity contribution < 1.29 is 13.9 Å². The predicted molar refractivity (Wildman–Crippen MR) is 142 cm³/mol. The second-order valence-electron chi connectivity index (χ2n) is 9.65. The molecule has 0 saturated carbocycles. The number of methoxy groups -OCH3 is 1. The molecule has 1 aliphatic heterocycles. The number of benzene rings is 2. The van der Waals surface area contributed by atoms with Crippen LogP contribution in [0.1, 0.15) is 24.0 Å².